The minimum atomic E-state index is 0.425. The third-order valence-corrected chi connectivity index (χ3v) is 4.91. The number of likely N-dealkylation sites (tertiary alicyclic amines) is 1. The molecule has 0 aromatic heterocycles. The lowest BCUT2D eigenvalue weighted by Crippen LogP contribution is -2.39. The fourth-order valence-electron chi connectivity index (χ4n) is 3.55. The highest BCUT2D eigenvalue weighted by atomic mass is 16.1. The lowest BCUT2D eigenvalue weighted by molar-refractivity contribution is -0.118. The molecule has 0 amide bonds. The molecule has 0 aromatic rings. The van der Waals surface area contributed by atoms with E-state index in [1.165, 1.54) is 51.6 Å². The van der Waals surface area contributed by atoms with Crippen molar-refractivity contribution in [3.05, 3.63) is 0 Å². The molecule has 2 nitrogen and oxygen atoms in total. The van der Waals surface area contributed by atoms with E-state index in [1.807, 2.05) is 6.92 Å². The number of piperidine rings is 1. The van der Waals surface area contributed by atoms with Gasteiger partial charge in [0.25, 0.3) is 0 Å². The second-order valence-electron chi connectivity index (χ2n) is 6.04. The Labute approximate surface area is 106 Å². The molecule has 0 aromatic carbocycles. The number of ketones is 1. The molecule has 1 heterocycles. The first-order valence-corrected chi connectivity index (χ1v) is 7.48. The molecule has 1 saturated heterocycles. The molecule has 2 fully saturated rings. The number of carbonyl (C=O) groups excluding carboxylic acids is 1. The van der Waals surface area contributed by atoms with Crippen LogP contribution in [0.15, 0.2) is 0 Å². The molecule has 0 bridgehead atoms. The number of Topliss-reactive ketones (excluding diaryl/α,β-unsaturated/α-hetero) is 1. The molecule has 0 atom stereocenters. The van der Waals surface area contributed by atoms with Crippen LogP contribution in [0.5, 0.6) is 0 Å². The molecule has 1 saturated carbocycles. The quantitative estimate of drug-likeness (QED) is 0.730. The van der Waals surface area contributed by atoms with Gasteiger partial charge in [-0.1, -0.05) is 19.8 Å². The summed E-state index contributed by atoms with van der Waals surface area (Å²) in [6.45, 7) is 5.66. The topological polar surface area (TPSA) is 20.3 Å². The van der Waals surface area contributed by atoms with Gasteiger partial charge < -0.3 is 4.90 Å². The molecule has 2 heteroatoms. The Morgan fingerprint density at radius 2 is 1.76 bits per heavy atom. The number of hydrogen-bond acceptors (Lipinski definition) is 2. The Kier molecular flexibility index (Phi) is 4.61. The predicted molar refractivity (Wildman–Crippen MR) is 71.1 cm³/mol. The van der Waals surface area contributed by atoms with Gasteiger partial charge in [0.05, 0.1) is 0 Å². The van der Waals surface area contributed by atoms with Gasteiger partial charge in [-0.2, -0.15) is 0 Å². The molecule has 0 unspecified atom stereocenters. The maximum absolute atomic E-state index is 11.2. The van der Waals surface area contributed by atoms with Crippen molar-refractivity contribution in [1.29, 1.82) is 0 Å². The minimum Gasteiger partial charge on any atom is -0.303 e. The zero-order chi connectivity index (χ0) is 12.1. The monoisotopic (exact) mass is 237 g/mol. The average molecular weight is 237 g/mol. The fraction of sp³-hybridized carbons (Fsp3) is 0.933. The van der Waals surface area contributed by atoms with Crippen LogP contribution in [0.25, 0.3) is 0 Å². The molecule has 1 aliphatic heterocycles. The van der Waals surface area contributed by atoms with Crippen molar-refractivity contribution in [1.82, 2.24) is 4.90 Å². The second kappa shape index (κ2) is 5.99. The van der Waals surface area contributed by atoms with Crippen LogP contribution >= 0.6 is 0 Å². The summed E-state index contributed by atoms with van der Waals surface area (Å²) in [5, 5.41) is 0. The van der Waals surface area contributed by atoms with E-state index in [1.54, 1.807) is 0 Å². The molecule has 17 heavy (non-hydrogen) atoms. The first kappa shape index (κ1) is 13.1. The average Bonchev–Trinajstić information content (AvgIpc) is 2.80. The van der Waals surface area contributed by atoms with Crippen molar-refractivity contribution in [2.24, 2.45) is 5.41 Å². The summed E-state index contributed by atoms with van der Waals surface area (Å²) in [5.41, 5.74) is 0.732. The molecule has 1 spiro atoms. The van der Waals surface area contributed by atoms with Crippen LogP contribution in [-0.4, -0.2) is 30.3 Å². The van der Waals surface area contributed by atoms with Crippen molar-refractivity contribution >= 4 is 5.78 Å². The van der Waals surface area contributed by atoms with Crippen molar-refractivity contribution in [2.75, 3.05) is 19.6 Å². The van der Waals surface area contributed by atoms with E-state index in [9.17, 15) is 4.79 Å². The highest BCUT2D eigenvalue weighted by molar-refractivity contribution is 5.77. The molecular weight excluding hydrogens is 210 g/mol. The van der Waals surface area contributed by atoms with E-state index in [4.69, 9.17) is 0 Å². The third kappa shape index (κ3) is 3.54. The van der Waals surface area contributed by atoms with Gasteiger partial charge in [-0.25, -0.2) is 0 Å². The number of rotatable bonds is 5. The Morgan fingerprint density at radius 3 is 2.35 bits per heavy atom. The van der Waals surface area contributed by atoms with Gasteiger partial charge in [0.1, 0.15) is 5.78 Å². The van der Waals surface area contributed by atoms with Crippen molar-refractivity contribution in [2.45, 2.75) is 64.7 Å². The first-order chi connectivity index (χ1) is 8.24. The van der Waals surface area contributed by atoms with Crippen LogP contribution in [0.4, 0.5) is 0 Å². The van der Waals surface area contributed by atoms with E-state index in [0.717, 1.165) is 24.8 Å². The predicted octanol–water partition coefficient (Wildman–Crippen LogP) is 3.40. The summed E-state index contributed by atoms with van der Waals surface area (Å²) in [6, 6.07) is 0. The van der Waals surface area contributed by atoms with Crippen molar-refractivity contribution in [3.63, 3.8) is 0 Å². The van der Waals surface area contributed by atoms with Gasteiger partial charge in [0.15, 0.2) is 0 Å². The molecule has 0 radical (unpaired) electrons. The van der Waals surface area contributed by atoms with Crippen molar-refractivity contribution < 1.29 is 4.79 Å². The Morgan fingerprint density at radius 1 is 1.12 bits per heavy atom. The van der Waals surface area contributed by atoms with E-state index >= 15 is 0 Å². The zero-order valence-corrected chi connectivity index (χ0v) is 11.3. The SMILES string of the molecule is CCC(=O)CCCN1CCC2(CCCC2)CC1. The van der Waals surface area contributed by atoms with Gasteiger partial charge in [-0.05, 0) is 57.2 Å². The van der Waals surface area contributed by atoms with Crippen LogP contribution in [0, 0.1) is 5.41 Å². The zero-order valence-electron chi connectivity index (χ0n) is 11.3. The van der Waals surface area contributed by atoms with Crippen LogP contribution < -0.4 is 0 Å². The van der Waals surface area contributed by atoms with Crippen LogP contribution in [0.1, 0.15) is 64.7 Å². The number of hydrogen-bond donors (Lipinski definition) is 0. The van der Waals surface area contributed by atoms with Crippen LogP contribution in [0.2, 0.25) is 0 Å². The molecule has 98 valence electrons. The lowest BCUT2D eigenvalue weighted by atomic mass is 9.77. The van der Waals surface area contributed by atoms with E-state index < -0.39 is 0 Å². The molecule has 2 aliphatic rings. The highest BCUT2D eigenvalue weighted by Crippen LogP contribution is 2.46. The first-order valence-electron chi connectivity index (χ1n) is 7.48. The van der Waals surface area contributed by atoms with E-state index in [2.05, 4.69) is 4.90 Å². The van der Waals surface area contributed by atoms with Gasteiger partial charge in [0, 0.05) is 12.8 Å². The van der Waals surface area contributed by atoms with Gasteiger partial charge >= 0.3 is 0 Å². The van der Waals surface area contributed by atoms with Crippen LogP contribution in [-0.2, 0) is 4.79 Å². The summed E-state index contributed by atoms with van der Waals surface area (Å²) in [6.07, 6.45) is 11.3. The summed E-state index contributed by atoms with van der Waals surface area (Å²) in [4.78, 5) is 13.8. The van der Waals surface area contributed by atoms with Gasteiger partial charge in [0.2, 0.25) is 0 Å². The Bertz CT molecular complexity index is 246. The Hall–Kier alpha value is -0.370. The summed E-state index contributed by atoms with van der Waals surface area (Å²) in [7, 11) is 0. The van der Waals surface area contributed by atoms with Crippen molar-refractivity contribution in [3.8, 4) is 0 Å². The largest absolute Gasteiger partial charge is 0.303 e. The normalized spacial score (nSPS) is 24.3. The van der Waals surface area contributed by atoms with Crippen LogP contribution in [0.3, 0.4) is 0 Å². The standard InChI is InChI=1S/C15H27NO/c1-2-14(17)6-5-11-16-12-9-15(10-13-16)7-3-4-8-15/h2-13H2,1H3. The number of nitrogens with zero attached hydrogens (tertiary/aromatic N) is 1. The molecular formula is C15H27NO. The minimum absolute atomic E-state index is 0.425. The molecule has 0 N–H and O–H groups in total. The summed E-state index contributed by atoms with van der Waals surface area (Å²) >= 11 is 0. The molecule has 1 aliphatic carbocycles. The summed E-state index contributed by atoms with van der Waals surface area (Å²) in [5.74, 6) is 0.425. The Balaban J connectivity index is 1.63. The third-order valence-electron chi connectivity index (χ3n) is 4.91. The van der Waals surface area contributed by atoms with E-state index in [-0.39, 0.29) is 0 Å². The smallest absolute Gasteiger partial charge is 0.132 e. The molecule has 2 rings (SSSR count). The fourth-order valence-corrected chi connectivity index (χ4v) is 3.55. The lowest BCUT2D eigenvalue weighted by Gasteiger charge is -2.39. The van der Waals surface area contributed by atoms with E-state index in [0.29, 0.717) is 12.2 Å². The highest BCUT2D eigenvalue weighted by Gasteiger charge is 2.36. The maximum atomic E-state index is 11.2. The maximum Gasteiger partial charge on any atom is 0.132 e. The number of carbonyl (C=O) groups is 1. The van der Waals surface area contributed by atoms with Gasteiger partial charge in [-0.3, -0.25) is 4.79 Å². The summed E-state index contributed by atoms with van der Waals surface area (Å²) < 4.78 is 0. The second-order valence-corrected chi connectivity index (χ2v) is 6.04. The van der Waals surface area contributed by atoms with Gasteiger partial charge in [-0.15, -0.1) is 0 Å².